The van der Waals surface area contributed by atoms with Gasteiger partial charge in [0.15, 0.2) is 0 Å². The standard InChI is InChI=1S/C19H20N2O4S2/c1-21(27(22,23)18-9-7-16(24-2)8-10-18)12-15-13-26-19(20-15)14-5-4-6-17(11-14)25-3/h4-11,13H,12H2,1-3H3. The summed E-state index contributed by atoms with van der Waals surface area (Å²) in [5.41, 5.74) is 1.63. The minimum Gasteiger partial charge on any atom is -0.497 e. The molecule has 0 fully saturated rings. The van der Waals surface area contributed by atoms with E-state index in [-0.39, 0.29) is 11.4 Å². The Morgan fingerprint density at radius 3 is 2.41 bits per heavy atom. The van der Waals surface area contributed by atoms with Gasteiger partial charge in [-0.1, -0.05) is 12.1 Å². The van der Waals surface area contributed by atoms with Gasteiger partial charge in [-0.05, 0) is 36.4 Å². The molecule has 1 aromatic heterocycles. The van der Waals surface area contributed by atoms with Crippen molar-refractivity contribution >= 4 is 21.4 Å². The highest BCUT2D eigenvalue weighted by atomic mass is 32.2. The second-order valence-corrected chi connectivity index (χ2v) is 8.72. The van der Waals surface area contributed by atoms with Crippen LogP contribution in [0.2, 0.25) is 0 Å². The smallest absolute Gasteiger partial charge is 0.243 e. The molecule has 0 saturated carbocycles. The number of sulfonamides is 1. The van der Waals surface area contributed by atoms with Crippen LogP contribution in [0.25, 0.3) is 10.6 Å². The number of benzene rings is 2. The van der Waals surface area contributed by atoms with E-state index in [1.807, 2.05) is 29.6 Å². The summed E-state index contributed by atoms with van der Waals surface area (Å²) in [5.74, 6) is 1.36. The van der Waals surface area contributed by atoms with Gasteiger partial charge in [-0.15, -0.1) is 11.3 Å². The van der Waals surface area contributed by atoms with E-state index in [4.69, 9.17) is 9.47 Å². The van der Waals surface area contributed by atoms with Gasteiger partial charge in [-0.25, -0.2) is 13.4 Å². The van der Waals surface area contributed by atoms with Gasteiger partial charge in [0.25, 0.3) is 0 Å². The van der Waals surface area contributed by atoms with E-state index >= 15 is 0 Å². The molecule has 27 heavy (non-hydrogen) atoms. The largest absolute Gasteiger partial charge is 0.497 e. The van der Waals surface area contributed by atoms with Crippen LogP contribution in [0, 0.1) is 0 Å². The SMILES string of the molecule is COc1ccc(S(=O)(=O)N(C)Cc2csc(-c3cccc(OC)c3)n2)cc1. The molecule has 8 heteroatoms. The van der Waals surface area contributed by atoms with Crippen LogP contribution in [-0.4, -0.2) is 39.0 Å². The average Bonchev–Trinajstić information content (AvgIpc) is 3.16. The lowest BCUT2D eigenvalue weighted by Gasteiger charge is -2.16. The van der Waals surface area contributed by atoms with Crippen molar-refractivity contribution in [1.82, 2.24) is 9.29 Å². The van der Waals surface area contributed by atoms with E-state index in [0.717, 1.165) is 16.3 Å². The zero-order valence-electron chi connectivity index (χ0n) is 15.2. The highest BCUT2D eigenvalue weighted by Crippen LogP contribution is 2.28. The van der Waals surface area contributed by atoms with Crippen molar-refractivity contribution in [1.29, 1.82) is 0 Å². The van der Waals surface area contributed by atoms with Gasteiger partial charge in [0.1, 0.15) is 16.5 Å². The molecular formula is C19H20N2O4S2. The summed E-state index contributed by atoms with van der Waals surface area (Å²) < 4.78 is 37.1. The summed E-state index contributed by atoms with van der Waals surface area (Å²) in [4.78, 5) is 4.78. The van der Waals surface area contributed by atoms with Crippen LogP contribution in [0.15, 0.2) is 58.8 Å². The Morgan fingerprint density at radius 2 is 1.74 bits per heavy atom. The van der Waals surface area contributed by atoms with Crippen LogP contribution < -0.4 is 9.47 Å². The molecule has 0 amide bonds. The number of methoxy groups -OCH3 is 2. The topological polar surface area (TPSA) is 68.7 Å². The van der Waals surface area contributed by atoms with Crippen LogP contribution in [-0.2, 0) is 16.6 Å². The van der Waals surface area contributed by atoms with Gasteiger partial charge in [0, 0.05) is 18.0 Å². The number of nitrogens with zero attached hydrogens (tertiary/aromatic N) is 2. The first kappa shape index (κ1) is 19.3. The minimum atomic E-state index is -3.61. The molecule has 0 spiro atoms. The van der Waals surface area contributed by atoms with Crippen molar-refractivity contribution in [2.45, 2.75) is 11.4 Å². The molecule has 0 N–H and O–H groups in total. The molecule has 3 aromatic rings. The molecule has 0 unspecified atom stereocenters. The molecule has 2 aromatic carbocycles. The fraction of sp³-hybridized carbons (Fsp3) is 0.211. The molecule has 0 radical (unpaired) electrons. The number of hydrogen-bond acceptors (Lipinski definition) is 6. The fourth-order valence-electron chi connectivity index (χ4n) is 2.51. The maximum absolute atomic E-state index is 12.7. The Morgan fingerprint density at radius 1 is 1.04 bits per heavy atom. The Kier molecular flexibility index (Phi) is 5.79. The second-order valence-electron chi connectivity index (χ2n) is 5.81. The number of thiazole rings is 1. The van der Waals surface area contributed by atoms with Crippen LogP contribution in [0.5, 0.6) is 11.5 Å². The van der Waals surface area contributed by atoms with E-state index in [0.29, 0.717) is 11.4 Å². The summed E-state index contributed by atoms with van der Waals surface area (Å²) in [5, 5.41) is 2.69. The normalized spacial score (nSPS) is 11.6. The molecular weight excluding hydrogens is 384 g/mol. The third-order valence-corrected chi connectivity index (χ3v) is 6.78. The Bertz CT molecular complexity index is 1010. The van der Waals surface area contributed by atoms with E-state index in [9.17, 15) is 8.42 Å². The van der Waals surface area contributed by atoms with Crippen molar-refractivity contribution in [3.8, 4) is 22.1 Å². The third kappa shape index (κ3) is 4.29. The quantitative estimate of drug-likeness (QED) is 0.601. The number of aromatic nitrogens is 1. The summed E-state index contributed by atoms with van der Waals surface area (Å²) in [7, 11) is 1.10. The maximum atomic E-state index is 12.7. The minimum absolute atomic E-state index is 0.189. The first-order valence-corrected chi connectivity index (χ1v) is 10.4. The van der Waals surface area contributed by atoms with Crippen molar-refractivity contribution in [2.24, 2.45) is 0 Å². The summed E-state index contributed by atoms with van der Waals surface area (Å²) in [6, 6.07) is 13.9. The third-order valence-electron chi connectivity index (χ3n) is 4.02. The van der Waals surface area contributed by atoms with E-state index < -0.39 is 10.0 Å². The van der Waals surface area contributed by atoms with Gasteiger partial charge in [0.2, 0.25) is 10.0 Å². The van der Waals surface area contributed by atoms with E-state index in [1.165, 1.54) is 34.9 Å². The monoisotopic (exact) mass is 404 g/mol. The van der Waals surface area contributed by atoms with Gasteiger partial charge in [-0.2, -0.15) is 4.31 Å². The summed E-state index contributed by atoms with van der Waals surface area (Å²) in [6.07, 6.45) is 0. The fourth-order valence-corrected chi connectivity index (χ4v) is 4.46. The van der Waals surface area contributed by atoms with E-state index in [1.54, 1.807) is 26.3 Å². The highest BCUT2D eigenvalue weighted by molar-refractivity contribution is 7.89. The lowest BCUT2D eigenvalue weighted by Crippen LogP contribution is -2.26. The molecule has 6 nitrogen and oxygen atoms in total. The maximum Gasteiger partial charge on any atom is 0.243 e. The molecule has 0 atom stereocenters. The Labute approximate surface area is 163 Å². The van der Waals surface area contributed by atoms with Crippen molar-refractivity contribution < 1.29 is 17.9 Å². The molecule has 0 saturated heterocycles. The lowest BCUT2D eigenvalue weighted by atomic mass is 10.2. The predicted molar refractivity (Wildman–Crippen MR) is 106 cm³/mol. The van der Waals surface area contributed by atoms with Gasteiger partial charge in [0.05, 0.1) is 31.4 Å². The Hall–Kier alpha value is -2.42. The molecule has 0 aliphatic heterocycles. The van der Waals surface area contributed by atoms with Crippen molar-refractivity contribution in [3.05, 3.63) is 59.6 Å². The second kappa shape index (κ2) is 8.08. The summed E-state index contributed by atoms with van der Waals surface area (Å²) >= 11 is 1.47. The number of hydrogen-bond donors (Lipinski definition) is 0. The average molecular weight is 405 g/mol. The zero-order chi connectivity index (χ0) is 19.4. The lowest BCUT2D eigenvalue weighted by molar-refractivity contribution is 0.414. The highest BCUT2D eigenvalue weighted by Gasteiger charge is 2.22. The Balaban J connectivity index is 1.77. The molecule has 0 bridgehead atoms. The predicted octanol–water partition coefficient (Wildman–Crippen LogP) is 3.65. The first-order valence-electron chi connectivity index (χ1n) is 8.13. The van der Waals surface area contributed by atoms with Crippen LogP contribution in [0.1, 0.15) is 5.69 Å². The van der Waals surface area contributed by atoms with Crippen LogP contribution in [0.3, 0.4) is 0 Å². The molecule has 0 aliphatic carbocycles. The number of rotatable bonds is 7. The van der Waals surface area contributed by atoms with E-state index in [2.05, 4.69) is 4.98 Å². The molecule has 0 aliphatic rings. The number of ether oxygens (including phenoxy) is 2. The van der Waals surface area contributed by atoms with Gasteiger partial charge in [-0.3, -0.25) is 0 Å². The van der Waals surface area contributed by atoms with Crippen LogP contribution >= 0.6 is 11.3 Å². The van der Waals surface area contributed by atoms with Gasteiger partial charge < -0.3 is 9.47 Å². The first-order chi connectivity index (χ1) is 12.9. The summed E-state index contributed by atoms with van der Waals surface area (Å²) in [6.45, 7) is 0.189. The van der Waals surface area contributed by atoms with Crippen molar-refractivity contribution in [3.63, 3.8) is 0 Å². The molecule has 1 heterocycles. The zero-order valence-corrected chi connectivity index (χ0v) is 16.9. The molecule has 142 valence electrons. The van der Waals surface area contributed by atoms with Gasteiger partial charge >= 0.3 is 0 Å². The molecule has 3 rings (SSSR count). The van der Waals surface area contributed by atoms with Crippen LogP contribution in [0.4, 0.5) is 0 Å². The van der Waals surface area contributed by atoms with Crippen molar-refractivity contribution in [2.75, 3.05) is 21.3 Å².